The van der Waals surface area contributed by atoms with Crippen molar-refractivity contribution in [1.29, 1.82) is 0 Å². The Balaban J connectivity index is 1.66. The molecule has 0 spiro atoms. The van der Waals surface area contributed by atoms with Crippen LogP contribution >= 0.6 is 23.4 Å². The average molecular weight is 455 g/mol. The number of para-hydroxylation sites is 1. The van der Waals surface area contributed by atoms with Crippen molar-refractivity contribution in [3.8, 4) is 0 Å². The van der Waals surface area contributed by atoms with E-state index in [0.29, 0.717) is 11.6 Å². The highest BCUT2D eigenvalue weighted by Gasteiger charge is 2.36. The fraction of sp³-hybridized carbons (Fsp3) is 0.174. The van der Waals surface area contributed by atoms with E-state index < -0.39 is 17.1 Å². The molecule has 1 aliphatic rings. The number of amides is 2. The summed E-state index contributed by atoms with van der Waals surface area (Å²) in [6, 6.07) is 15.5. The summed E-state index contributed by atoms with van der Waals surface area (Å²) in [6.45, 7) is 2.09. The quantitative estimate of drug-likeness (QED) is 0.389. The first-order valence-corrected chi connectivity index (χ1v) is 10.9. The van der Waals surface area contributed by atoms with Gasteiger partial charge in [0.2, 0.25) is 0 Å². The van der Waals surface area contributed by atoms with Crippen LogP contribution in [0.15, 0.2) is 59.6 Å². The summed E-state index contributed by atoms with van der Waals surface area (Å²) in [5.41, 5.74) is 2.87. The van der Waals surface area contributed by atoms with Crippen molar-refractivity contribution in [2.75, 3.05) is 13.2 Å². The van der Waals surface area contributed by atoms with Crippen LogP contribution in [0, 0.1) is 0 Å². The summed E-state index contributed by atoms with van der Waals surface area (Å²) in [7, 11) is 0. The van der Waals surface area contributed by atoms with E-state index in [9.17, 15) is 14.4 Å². The lowest BCUT2D eigenvalue weighted by atomic mass is 10.1. The molecule has 2 heterocycles. The molecular weight excluding hydrogens is 436 g/mol. The smallest absolute Gasteiger partial charge is 0.326 e. The van der Waals surface area contributed by atoms with Gasteiger partial charge in [0.25, 0.3) is 11.1 Å². The molecule has 0 bridgehead atoms. The maximum absolute atomic E-state index is 12.7. The van der Waals surface area contributed by atoms with Gasteiger partial charge in [0.15, 0.2) is 0 Å². The molecule has 2 aromatic carbocycles. The molecule has 31 heavy (non-hydrogen) atoms. The number of ether oxygens (including phenoxy) is 1. The Morgan fingerprint density at radius 1 is 1.16 bits per heavy atom. The van der Waals surface area contributed by atoms with E-state index in [4.69, 9.17) is 16.3 Å². The molecule has 0 radical (unpaired) electrons. The number of benzene rings is 2. The van der Waals surface area contributed by atoms with E-state index in [-0.39, 0.29) is 18.1 Å². The van der Waals surface area contributed by atoms with E-state index in [2.05, 4.69) is 4.57 Å². The molecule has 0 saturated carbocycles. The van der Waals surface area contributed by atoms with Gasteiger partial charge in [-0.1, -0.05) is 41.9 Å². The van der Waals surface area contributed by atoms with Gasteiger partial charge >= 0.3 is 5.97 Å². The molecular formula is C23H19ClN2O4S. The molecule has 1 aliphatic heterocycles. The molecule has 1 aromatic heterocycles. The highest BCUT2D eigenvalue weighted by Crippen LogP contribution is 2.34. The number of hydrogen-bond acceptors (Lipinski definition) is 5. The molecule has 0 unspecified atom stereocenters. The summed E-state index contributed by atoms with van der Waals surface area (Å²) in [6.07, 6.45) is 3.65. The molecule has 1 fully saturated rings. The van der Waals surface area contributed by atoms with Crippen LogP contribution in [0.5, 0.6) is 0 Å². The predicted molar refractivity (Wildman–Crippen MR) is 122 cm³/mol. The SMILES string of the molecule is CCOC(=O)CN1C(=O)S/C(=C\c2cn(Cc3cccc(Cl)c3)c3ccccc23)C1=O. The largest absolute Gasteiger partial charge is 0.465 e. The van der Waals surface area contributed by atoms with Gasteiger partial charge in [0.1, 0.15) is 6.54 Å². The molecule has 1 saturated heterocycles. The monoisotopic (exact) mass is 454 g/mol. The van der Waals surface area contributed by atoms with Gasteiger partial charge in [-0.25, -0.2) is 0 Å². The number of thioether (sulfide) groups is 1. The number of halogens is 1. The fourth-order valence-corrected chi connectivity index (χ4v) is 4.51. The van der Waals surface area contributed by atoms with Crippen LogP contribution in [0.3, 0.4) is 0 Å². The number of esters is 1. The zero-order valence-corrected chi connectivity index (χ0v) is 18.3. The van der Waals surface area contributed by atoms with Crippen LogP contribution in [0.1, 0.15) is 18.1 Å². The predicted octanol–water partition coefficient (Wildman–Crippen LogP) is 4.94. The summed E-state index contributed by atoms with van der Waals surface area (Å²) in [5.74, 6) is -1.10. The maximum Gasteiger partial charge on any atom is 0.326 e. The highest BCUT2D eigenvalue weighted by molar-refractivity contribution is 8.18. The van der Waals surface area contributed by atoms with Crippen molar-refractivity contribution in [2.45, 2.75) is 13.5 Å². The van der Waals surface area contributed by atoms with E-state index >= 15 is 0 Å². The molecule has 0 atom stereocenters. The van der Waals surface area contributed by atoms with Crippen LogP contribution in [-0.2, 0) is 20.9 Å². The number of carbonyl (C=O) groups excluding carboxylic acids is 3. The van der Waals surface area contributed by atoms with Crippen LogP contribution in [-0.4, -0.2) is 39.7 Å². The van der Waals surface area contributed by atoms with E-state index in [1.54, 1.807) is 13.0 Å². The Bertz CT molecular complexity index is 1220. The molecule has 6 nitrogen and oxygen atoms in total. The Morgan fingerprint density at radius 2 is 1.97 bits per heavy atom. The first-order valence-electron chi connectivity index (χ1n) is 9.69. The number of nitrogens with zero attached hydrogens (tertiary/aromatic N) is 2. The van der Waals surface area contributed by atoms with Crippen molar-refractivity contribution in [1.82, 2.24) is 9.47 Å². The van der Waals surface area contributed by atoms with Crippen molar-refractivity contribution in [3.05, 3.63) is 75.8 Å². The van der Waals surface area contributed by atoms with Gasteiger partial charge < -0.3 is 9.30 Å². The second kappa shape index (κ2) is 8.99. The number of fused-ring (bicyclic) bond motifs is 1. The summed E-state index contributed by atoms with van der Waals surface area (Å²) < 4.78 is 6.93. The van der Waals surface area contributed by atoms with E-state index in [1.165, 1.54) is 0 Å². The van der Waals surface area contributed by atoms with Crippen LogP contribution < -0.4 is 0 Å². The van der Waals surface area contributed by atoms with Crippen LogP contribution in [0.2, 0.25) is 5.02 Å². The number of hydrogen-bond donors (Lipinski definition) is 0. The average Bonchev–Trinajstić information content (AvgIpc) is 3.21. The van der Waals surface area contributed by atoms with Gasteiger partial charge in [0, 0.05) is 34.2 Å². The number of imide groups is 1. The third-order valence-corrected chi connectivity index (χ3v) is 5.96. The van der Waals surface area contributed by atoms with Gasteiger partial charge in [-0.05, 0) is 48.5 Å². The Hall–Kier alpha value is -3.03. The van der Waals surface area contributed by atoms with Gasteiger partial charge in [-0.15, -0.1) is 0 Å². The van der Waals surface area contributed by atoms with Crippen LogP contribution in [0.4, 0.5) is 4.79 Å². The fourth-order valence-electron chi connectivity index (χ4n) is 3.47. The topological polar surface area (TPSA) is 68.6 Å². The molecule has 8 heteroatoms. The summed E-state index contributed by atoms with van der Waals surface area (Å²) >= 11 is 6.94. The van der Waals surface area contributed by atoms with E-state index in [0.717, 1.165) is 38.7 Å². The third-order valence-electron chi connectivity index (χ3n) is 4.81. The van der Waals surface area contributed by atoms with Gasteiger partial charge in [0.05, 0.1) is 11.5 Å². The number of carbonyl (C=O) groups is 3. The minimum absolute atomic E-state index is 0.191. The first-order chi connectivity index (χ1) is 15.0. The van der Waals surface area contributed by atoms with Crippen molar-refractivity contribution < 1.29 is 19.1 Å². The van der Waals surface area contributed by atoms with Gasteiger partial charge in [-0.3, -0.25) is 19.3 Å². The van der Waals surface area contributed by atoms with Gasteiger partial charge in [-0.2, -0.15) is 0 Å². The molecule has 2 amide bonds. The molecule has 158 valence electrons. The Kier molecular flexibility index (Phi) is 6.15. The molecule has 3 aromatic rings. The summed E-state index contributed by atoms with van der Waals surface area (Å²) in [5, 5.41) is 1.15. The third kappa shape index (κ3) is 4.52. The standard InChI is InChI=1S/C23H19ClN2O4S/c1-2-30-21(27)14-26-22(28)20(31-23(26)29)11-16-13-25(19-9-4-3-8-18(16)19)12-15-6-5-7-17(24)10-15/h3-11,13H,2,12,14H2,1H3/b20-11-. The highest BCUT2D eigenvalue weighted by atomic mass is 35.5. The maximum atomic E-state index is 12.7. The minimum atomic E-state index is -0.607. The van der Waals surface area contributed by atoms with E-state index in [1.807, 2.05) is 54.7 Å². The van der Waals surface area contributed by atoms with Crippen LogP contribution in [0.25, 0.3) is 17.0 Å². The second-order valence-corrected chi connectivity index (χ2v) is 8.36. The molecule has 4 rings (SSSR count). The number of rotatable bonds is 6. The molecule has 0 aliphatic carbocycles. The Morgan fingerprint density at radius 3 is 2.74 bits per heavy atom. The number of aromatic nitrogens is 1. The molecule has 0 N–H and O–H groups in total. The minimum Gasteiger partial charge on any atom is -0.465 e. The summed E-state index contributed by atoms with van der Waals surface area (Å²) in [4.78, 5) is 37.9. The van der Waals surface area contributed by atoms with Crippen molar-refractivity contribution >= 4 is 57.5 Å². The van der Waals surface area contributed by atoms with Crippen molar-refractivity contribution in [2.24, 2.45) is 0 Å². The Labute approximate surface area is 188 Å². The normalized spacial score (nSPS) is 15.3. The van der Waals surface area contributed by atoms with Crippen molar-refractivity contribution in [3.63, 3.8) is 0 Å². The zero-order valence-electron chi connectivity index (χ0n) is 16.7. The zero-order chi connectivity index (χ0) is 22.0. The second-order valence-electron chi connectivity index (χ2n) is 6.93. The lowest BCUT2D eigenvalue weighted by Gasteiger charge is -2.10. The lowest BCUT2D eigenvalue weighted by molar-refractivity contribution is -0.145. The lowest BCUT2D eigenvalue weighted by Crippen LogP contribution is -2.34. The first kappa shape index (κ1) is 21.2.